The van der Waals surface area contributed by atoms with E-state index < -0.39 is 5.97 Å². The van der Waals surface area contributed by atoms with Gasteiger partial charge in [0.05, 0.1) is 24.8 Å². The average molecular weight is 477 g/mol. The van der Waals surface area contributed by atoms with E-state index in [9.17, 15) is 9.59 Å². The summed E-state index contributed by atoms with van der Waals surface area (Å²) in [5, 5.41) is 3.80. The molecule has 1 aliphatic heterocycles. The molecular formula is C27H28N2O6. The Bertz CT molecular complexity index is 1240. The Hall–Kier alpha value is -3.81. The smallest absolute Gasteiger partial charge is 0.337 e. The van der Waals surface area contributed by atoms with Crippen molar-refractivity contribution in [3.63, 3.8) is 0 Å². The Labute approximate surface area is 203 Å². The quantitative estimate of drug-likeness (QED) is 0.519. The Morgan fingerprint density at radius 3 is 2.60 bits per heavy atom. The van der Waals surface area contributed by atoms with Gasteiger partial charge in [-0.15, -0.1) is 0 Å². The SMILES string of the molecule is COC(=O)c1ccc2nccc(OCC3CCC(C(=O)Nc4ccc5c(c4)OCCO5)CC3)c2c1. The van der Waals surface area contributed by atoms with Crippen molar-refractivity contribution in [2.75, 3.05) is 32.2 Å². The summed E-state index contributed by atoms with van der Waals surface area (Å²) in [6.45, 7) is 1.61. The van der Waals surface area contributed by atoms with Crippen LogP contribution < -0.4 is 19.5 Å². The van der Waals surface area contributed by atoms with Gasteiger partial charge in [0.1, 0.15) is 19.0 Å². The molecule has 5 rings (SSSR count). The number of methoxy groups -OCH3 is 1. The molecule has 1 aliphatic carbocycles. The number of carbonyl (C=O) groups excluding carboxylic acids is 2. The van der Waals surface area contributed by atoms with E-state index in [1.807, 2.05) is 24.3 Å². The van der Waals surface area contributed by atoms with Crippen molar-refractivity contribution in [3.8, 4) is 17.2 Å². The van der Waals surface area contributed by atoms with E-state index in [-0.39, 0.29) is 11.8 Å². The van der Waals surface area contributed by atoms with Crippen LogP contribution in [-0.2, 0) is 9.53 Å². The second kappa shape index (κ2) is 10.2. The standard InChI is InChI=1S/C27H28N2O6/c1-32-27(31)19-6-8-22-21(14-19)23(10-11-28-22)35-16-17-2-4-18(5-3-17)26(30)29-20-7-9-24-25(15-20)34-13-12-33-24/h6-11,14-15,17-18H,2-5,12-13,16H2,1H3,(H,29,30). The number of hydrogen-bond acceptors (Lipinski definition) is 7. The molecule has 1 N–H and O–H groups in total. The first-order chi connectivity index (χ1) is 17.1. The highest BCUT2D eigenvalue weighted by Crippen LogP contribution is 2.34. The average Bonchev–Trinajstić information content (AvgIpc) is 2.91. The van der Waals surface area contributed by atoms with Crippen LogP contribution in [0, 0.1) is 11.8 Å². The molecule has 8 nitrogen and oxygen atoms in total. The number of hydrogen-bond donors (Lipinski definition) is 1. The van der Waals surface area contributed by atoms with Crippen molar-refractivity contribution >= 4 is 28.5 Å². The fraction of sp³-hybridized carbons (Fsp3) is 0.370. The van der Waals surface area contributed by atoms with Gasteiger partial charge in [0.2, 0.25) is 5.91 Å². The number of aromatic nitrogens is 1. The number of pyridine rings is 1. The van der Waals surface area contributed by atoms with Crippen molar-refractivity contribution in [3.05, 3.63) is 54.2 Å². The largest absolute Gasteiger partial charge is 0.493 e. The summed E-state index contributed by atoms with van der Waals surface area (Å²) in [4.78, 5) is 29.1. The lowest BCUT2D eigenvalue weighted by Crippen LogP contribution is -2.29. The van der Waals surface area contributed by atoms with Gasteiger partial charge in [0, 0.05) is 29.3 Å². The summed E-state index contributed by atoms with van der Waals surface area (Å²) < 4.78 is 22.1. The number of ether oxygens (including phenoxy) is 4. The lowest BCUT2D eigenvalue weighted by atomic mass is 9.82. The van der Waals surface area contributed by atoms with Gasteiger partial charge in [-0.1, -0.05) is 0 Å². The molecule has 1 amide bonds. The predicted octanol–water partition coefficient (Wildman–Crippen LogP) is 4.62. The van der Waals surface area contributed by atoms with Crippen molar-refractivity contribution in [2.45, 2.75) is 25.7 Å². The third-order valence-corrected chi connectivity index (χ3v) is 6.62. The van der Waals surface area contributed by atoms with E-state index in [1.54, 1.807) is 24.4 Å². The molecule has 8 heteroatoms. The number of rotatable bonds is 6. The van der Waals surface area contributed by atoms with Crippen LogP contribution in [0.4, 0.5) is 5.69 Å². The zero-order valence-electron chi connectivity index (χ0n) is 19.6. The van der Waals surface area contributed by atoms with Crippen LogP contribution in [0.2, 0.25) is 0 Å². The third kappa shape index (κ3) is 5.16. The van der Waals surface area contributed by atoms with E-state index in [4.69, 9.17) is 18.9 Å². The maximum Gasteiger partial charge on any atom is 0.337 e. The Morgan fingerprint density at radius 2 is 1.80 bits per heavy atom. The molecule has 0 radical (unpaired) electrons. The Morgan fingerprint density at radius 1 is 1.00 bits per heavy atom. The second-order valence-electron chi connectivity index (χ2n) is 8.91. The highest BCUT2D eigenvalue weighted by Gasteiger charge is 2.27. The maximum absolute atomic E-state index is 12.8. The zero-order chi connectivity index (χ0) is 24.2. The molecule has 2 aliphatic rings. The van der Waals surface area contributed by atoms with Gasteiger partial charge >= 0.3 is 5.97 Å². The minimum atomic E-state index is -0.394. The van der Waals surface area contributed by atoms with Crippen LogP contribution in [0.3, 0.4) is 0 Å². The number of fused-ring (bicyclic) bond motifs is 2. The summed E-state index contributed by atoms with van der Waals surface area (Å²) in [6, 6.07) is 12.5. The van der Waals surface area contributed by atoms with Gasteiger partial charge in [-0.2, -0.15) is 0 Å². The van der Waals surface area contributed by atoms with E-state index in [1.165, 1.54) is 7.11 Å². The molecule has 3 aromatic rings. The molecule has 1 aromatic heterocycles. The van der Waals surface area contributed by atoms with E-state index in [0.29, 0.717) is 48.6 Å². The molecule has 0 unspecified atom stereocenters. The molecule has 0 spiro atoms. The molecule has 2 heterocycles. The highest BCUT2D eigenvalue weighted by molar-refractivity contribution is 5.96. The Balaban J connectivity index is 1.15. The monoisotopic (exact) mass is 476 g/mol. The highest BCUT2D eigenvalue weighted by atomic mass is 16.6. The van der Waals surface area contributed by atoms with Gasteiger partial charge in [0.25, 0.3) is 0 Å². The molecule has 0 saturated heterocycles. The number of benzene rings is 2. The number of anilines is 1. The minimum Gasteiger partial charge on any atom is -0.493 e. The zero-order valence-corrected chi connectivity index (χ0v) is 19.6. The molecule has 182 valence electrons. The number of esters is 1. The summed E-state index contributed by atoms with van der Waals surface area (Å²) in [5.74, 6) is 2.05. The van der Waals surface area contributed by atoms with Gasteiger partial charge in [0.15, 0.2) is 11.5 Å². The van der Waals surface area contributed by atoms with Crippen molar-refractivity contribution in [2.24, 2.45) is 11.8 Å². The predicted molar refractivity (Wildman–Crippen MR) is 130 cm³/mol. The maximum atomic E-state index is 12.8. The normalized spacial score (nSPS) is 19.1. The van der Waals surface area contributed by atoms with Gasteiger partial charge in [-0.3, -0.25) is 9.78 Å². The molecule has 0 bridgehead atoms. The fourth-order valence-corrected chi connectivity index (χ4v) is 4.66. The van der Waals surface area contributed by atoms with Crippen LogP contribution in [0.1, 0.15) is 36.0 Å². The first kappa shape index (κ1) is 23.0. The van der Waals surface area contributed by atoms with Crippen molar-refractivity contribution in [1.82, 2.24) is 4.98 Å². The van der Waals surface area contributed by atoms with Crippen molar-refractivity contribution < 1.29 is 28.5 Å². The minimum absolute atomic E-state index is 0.0242. The number of amides is 1. The molecule has 1 fully saturated rings. The van der Waals surface area contributed by atoms with Crippen LogP contribution >= 0.6 is 0 Å². The number of nitrogens with zero attached hydrogens (tertiary/aromatic N) is 1. The summed E-state index contributed by atoms with van der Waals surface area (Å²) >= 11 is 0. The van der Waals surface area contributed by atoms with Gasteiger partial charge in [-0.25, -0.2) is 4.79 Å². The molecule has 1 saturated carbocycles. The van der Waals surface area contributed by atoms with Crippen LogP contribution in [0.5, 0.6) is 17.2 Å². The van der Waals surface area contributed by atoms with Crippen molar-refractivity contribution in [1.29, 1.82) is 0 Å². The first-order valence-electron chi connectivity index (χ1n) is 11.9. The van der Waals surface area contributed by atoms with Gasteiger partial charge < -0.3 is 24.3 Å². The third-order valence-electron chi connectivity index (χ3n) is 6.62. The van der Waals surface area contributed by atoms with Gasteiger partial charge in [-0.05, 0) is 68.0 Å². The number of carbonyl (C=O) groups is 2. The molecule has 0 atom stereocenters. The molecule has 2 aromatic carbocycles. The van der Waals surface area contributed by atoms with E-state index >= 15 is 0 Å². The second-order valence-corrected chi connectivity index (χ2v) is 8.91. The number of nitrogens with one attached hydrogen (secondary N) is 1. The molecule has 35 heavy (non-hydrogen) atoms. The summed E-state index contributed by atoms with van der Waals surface area (Å²) in [6.07, 6.45) is 5.15. The Kier molecular flexibility index (Phi) is 6.70. The topological polar surface area (TPSA) is 96.0 Å². The van der Waals surface area contributed by atoms with E-state index in [2.05, 4.69) is 10.3 Å². The lowest BCUT2D eigenvalue weighted by molar-refractivity contribution is -0.121. The fourth-order valence-electron chi connectivity index (χ4n) is 4.66. The first-order valence-corrected chi connectivity index (χ1v) is 11.9. The van der Waals surface area contributed by atoms with Crippen LogP contribution in [0.25, 0.3) is 10.9 Å². The van der Waals surface area contributed by atoms with Crippen LogP contribution in [-0.4, -0.2) is 43.8 Å². The van der Waals surface area contributed by atoms with Crippen LogP contribution in [0.15, 0.2) is 48.7 Å². The summed E-state index contributed by atoms with van der Waals surface area (Å²) in [5.41, 5.74) is 1.94. The lowest BCUT2D eigenvalue weighted by Gasteiger charge is -2.28. The molecular weight excluding hydrogens is 448 g/mol. The van der Waals surface area contributed by atoms with E-state index in [0.717, 1.165) is 42.3 Å². The summed E-state index contributed by atoms with van der Waals surface area (Å²) in [7, 11) is 1.36.